The van der Waals surface area contributed by atoms with Crippen LogP contribution >= 0.6 is 0 Å². The number of hydrogen-bond acceptors (Lipinski definition) is 2. The summed E-state index contributed by atoms with van der Waals surface area (Å²) in [7, 11) is 0. The fourth-order valence-corrected chi connectivity index (χ4v) is 9.27. The smallest absolute Gasteiger partial charge is 0.0653 e. The van der Waals surface area contributed by atoms with E-state index in [0.29, 0.717) is 9.80 Å². The Balaban J connectivity index is 1.34. The van der Waals surface area contributed by atoms with Crippen LogP contribution in [0.25, 0.3) is 76.2 Å². The summed E-state index contributed by atoms with van der Waals surface area (Å²) in [5.41, 5.74) is -14.1. The minimum atomic E-state index is -3.36. The molecule has 0 aliphatic heterocycles. The number of rotatable bonds is 8. The molecule has 9 aromatic carbocycles. The molecule has 72 heavy (non-hydrogen) atoms. The van der Waals surface area contributed by atoms with E-state index in [1.165, 1.54) is 0 Å². The second kappa shape index (κ2) is 15.8. The Bertz CT molecular complexity index is 5900. The van der Waals surface area contributed by atoms with Crippen molar-refractivity contribution in [1.82, 2.24) is 8.80 Å². The van der Waals surface area contributed by atoms with Crippen LogP contribution in [-0.4, -0.2) is 8.80 Å². The average molecular weight is 974 g/mol. The number of hydrogen-bond donors (Lipinski definition) is 0. The van der Waals surface area contributed by atoms with Crippen LogP contribution in [0.5, 0.6) is 0 Å². The van der Waals surface area contributed by atoms with E-state index in [-0.39, 0.29) is 11.1 Å². The molecule has 0 saturated carbocycles. The van der Waals surface area contributed by atoms with Gasteiger partial charge in [0, 0.05) is 76.8 Å². The van der Waals surface area contributed by atoms with Crippen LogP contribution in [0, 0.1) is 0 Å². The van der Waals surface area contributed by atoms with Crippen molar-refractivity contribution in [2.45, 2.75) is 91.7 Å². The molecule has 4 heteroatoms. The van der Waals surface area contributed by atoms with Crippen LogP contribution in [0.1, 0.15) is 155 Å². The molecule has 0 amide bonds. The van der Waals surface area contributed by atoms with Crippen molar-refractivity contribution in [2.75, 3.05) is 9.80 Å². The largest absolute Gasteiger partial charge is 0.310 e. The quantitative estimate of drug-likeness (QED) is 0.151. The predicted molar refractivity (Wildman–Crippen MR) is 311 cm³/mol. The van der Waals surface area contributed by atoms with E-state index in [1.54, 1.807) is 41.5 Å². The van der Waals surface area contributed by atoms with E-state index >= 15 is 0 Å². The first-order chi connectivity index (χ1) is 50.3. The maximum absolute atomic E-state index is 10.8. The molecule has 13 rings (SSSR count). The van der Waals surface area contributed by atoms with Gasteiger partial charge in [0.15, 0.2) is 0 Å². The molecule has 0 bridgehead atoms. The van der Waals surface area contributed by atoms with Crippen LogP contribution in [0.15, 0.2) is 181 Å². The van der Waals surface area contributed by atoms with Gasteiger partial charge >= 0.3 is 0 Å². The Labute approximate surface area is 476 Å². The lowest BCUT2D eigenvalue weighted by Gasteiger charge is -2.27. The molecule has 4 nitrogen and oxygen atoms in total. The lowest BCUT2D eigenvalue weighted by Crippen LogP contribution is -2.11. The zero-order valence-corrected chi connectivity index (χ0v) is 39.8. The summed E-state index contributed by atoms with van der Waals surface area (Å²) in [5.74, 6) is -5.85. The van der Waals surface area contributed by atoms with Crippen LogP contribution < -0.4 is 9.80 Å². The first-order valence-corrected chi connectivity index (χ1v) is 22.7. The third kappa shape index (κ3) is 6.57. The van der Waals surface area contributed by atoms with Gasteiger partial charge in [-0.15, -0.1) is 0 Å². The minimum Gasteiger partial charge on any atom is -0.310 e. The Morgan fingerprint density at radius 2 is 0.778 bits per heavy atom. The fourth-order valence-electron chi connectivity index (χ4n) is 9.27. The molecule has 4 aromatic heterocycles. The molecular weight excluding hydrogens is 873 g/mol. The molecule has 0 radical (unpaired) electrons. The Morgan fingerprint density at radius 3 is 1.14 bits per heavy atom. The molecule has 4 heterocycles. The number of aromatic nitrogens is 2. The molecule has 2 atom stereocenters. The van der Waals surface area contributed by atoms with Crippen molar-refractivity contribution in [3.8, 4) is 0 Å². The third-order valence-electron chi connectivity index (χ3n) is 12.7. The van der Waals surface area contributed by atoms with Crippen molar-refractivity contribution in [3.05, 3.63) is 204 Å². The summed E-state index contributed by atoms with van der Waals surface area (Å²) in [5, 5.41) is -4.27. The third-order valence-corrected chi connectivity index (χ3v) is 12.7. The van der Waals surface area contributed by atoms with Crippen LogP contribution in [0.2, 0.25) is 0 Å². The van der Waals surface area contributed by atoms with Crippen LogP contribution in [-0.2, 0) is 10.8 Å². The zero-order chi connectivity index (χ0) is 82.5. The highest BCUT2D eigenvalue weighted by molar-refractivity contribution is 6.32. The molecule has 0 N–H and O–H groups in total. The first kappa shape index (κ1) is 19.7. The number of para-hydroxylation sites is 2. The SMILES string of the molecule is [2H]c1c([2H])c([2H])c(N(c2c([2H])c([2H])c(C([2H])(C)C([2H])([2H])[2H])c([2H])c2[2H])c2c([2H])c([2H])c3c4c([2H])c5c(c([2H])c4n4c6c([2H])c([2H])c(C(C)(C)C)c([2H])c6c2c34)c2c([2H])c([2H])c(N(c3c([2H])c([2H])c([2H])c([2H])c3[2H])c3c([2H])c([2H])c(C([2H])(C)C([2H])([2H])[2H])c([2H])c3[2H])c3c4c([2H])c(C(C)(C)C)c([2H])c([2H])c4n5c23)c([2H])c1[2H]. The van der Waals surface area contributed by atoms with Gasteiger partial charge in [0.05, 0.1) is 85.6 Å². The summed E-state index contributed by atoms with van der Waals surface area (Å²) in [6, 6.07) is -30.8. The van der Waals surface area contributed by atoms with Crippen molar-refractivity contribution in [2.24, 2.45) is 0 Å². The van der Waals surface area contributed by atoms with Gasteiger partial charge in [0.25, 0.3) is 0 Å². The number of anilines is 6. The van der Waals surface area contributed by atoms with Gasteiger partial charge in [-0.1, -0.05) is 154 Å². The van der Waals surface area contributed by atoms with Crippen molar-refractivity contribution in [1.29, 1.82) is 0 Å². The molecule has 0 saturated heterocycles. The molecule has 0 spiro atoms. The van der Waals surface area contributed by atoms with Crippen molar-refractivity contribution >= 4 is 110 Å². The van der Waals surface area contributed by atoms with Crippen LogP contribution in [0.3, 0.4) is 0 Å². The second-order valence-electron chi connectivity index (χ2n) is 19.5. The van der Waals surface area contributed by atoms with E-state index in [0.717, 1.165) is 22.6 Å². The summed E-state index contributed by atoms with van der Waals surface area (Å²) < 4.78 is 361. The van der Waals surface area contributed by atoms with Gasteiger partial charge in [0.1, 0.15) is 0 Å². The van der Waals surface area contributed by atoms with Crippen LogP contribution in [0.4, 0.5) is 34.1 Å². The Kier molecular flexibility index (Phi) is 4.32. The number of nitrogens with zero attached hydrogens (tertiary/aromatic N) is 4. The van der Waals surface area contributed by atoms with Crippen molar-refractivity contribution < 1.29 is 52.1 Å². The molecule has 354 valence electrons. The van der Waals surface area contributed by atoms with E-state index in [9.17, 15) is 32.9 Å². The van der Waals surface area contributed by atoms with Crippen molar-refractivity contribution in [3.63, 3.8) is 0 Å². The summed E-state index contributed by atoms with van der Waals surface area (Å²) in [4.78, 5) is 1.05. The summed E-state index contributed by atoms with van der Waals surface area (Å²) in [6.45, 7) is 4.34. The normalized spacial score (nSPS) is 22.3. The second-order valence-corrected chi connectivity index (χ2v) is 19.5. The van der Waals surface area contributed by atoms with E-state index in [4.69, 9.17) is 19.2 Å². The molecular formula is C68H62N4. The average Bonchev–Trinajstić information content (AvgIpc) is 1.48. The maximum Gasteiger partial charge on any atom is 0.0653 e. The standard InChI is InChI=1S/C68H62N4/c1-41(2)43-21-27-49(28-22-43)69(47-17-13-11-14-18-47)59-35-31-51-53-39-62-54(40-61(53)71-57-33-25-45(67(5,6)7)37-55(57)63(59)65(51)71)52-32-36-60(64-56-38-46(68(8,9)10)26-34-58(56)72(62)66(52)64)70(48-19-15-12-16-20-48)50-29-23-44(24-30-50)42(3)4/h11-42H,1-10H3/i1D3,3D3,11D,12D,13D,14D,15D,16D,17D,18D,19D,20D,21D,22D,23D,24D,25D,26D,27D,28D,29D,30D,31D,32D,33D,34D,35D,36D,37D,38D,39D,40D,41D,42D. The minimum absolute atomic E-state index is 0.182. The highest BCUT2D eigenvalue weighted by Gasteiger charge is 2.29. The summed E-state index contributed by atoms with van der Waals surface area (Å²) in [6.07, 6.45) is 0. The van der Waals surface area contributed by atoms with E-state index in [2.05, 4.69) is 0 Å². The van der Waals surface area contributed by atoms with E-state index < -0.39 is 339 Å². The molecule has 0 aliphatic rings. The molecule has 0 fully saturated rings. The number of benzene rings is 9. The monoisotopic (exact) mass is 973 g/mol. The number of fused-ring (bicyclic) bond motifs is 12. The highest BCUT2D eigenvalue weighted by Crippen LogP contribution is 2.52. The fraction of sp³-hybridized carbons (Fsp3) is 0.206. The van der Waals surface area contributed by atoms with Gasteiger partial charge in [-0.25, -0.2) is 0 Å². The highest BCUT2D eigenvalue weighted by atomic mass is 15.2. The molecule has 0 aliphatic carbocycles. The van der Waals surface area contributed by atoms with Gasteiger partial charge in [0.2, 0.25) is 0 Å². The topological polar surface area (TPSA) is 15.3 Å². The maximum atomic E-state index is 10.8. The first-order valence-electron chi connectivity index (χ1n) is 41.7. The Hall–Kier alpha value is -7.82. The van der Waals surface area contributed by atoms with Gasteiger partial charge in [-0.3, -0.25) is 0 Å². The predicted octanol–water partition coefficient (Wildman–Crippen LogP) is 19.8. The Morgan fingerprint density at radius 1 is 0.403 bits per heavy atom. The summed E-state index contributed by atoms with van der Waals surface area (Å²) >= 11 is 0. The lowest BCUT2D eigenvalue weighted by molar-refractivity contribution is 0.591. The van der Waals surface area contributed by atoms with Gasteiger partial charge in [-0.05, 0) is 142 Å². The molecule has 2 unspecified atom stereocenters. The zero-order valence-electron chi connectivity index (χ0n) is 77.8. The van der Waals surface area contributed by atoms with Gasteiger partial charge < -0.3 is 18.6 Å². The van der Waals surface area contributed by atoms with E-state index in [1.807, 2.05) is 0 Å². The van der Waals surface area contributed by atoms with Gasteiger partial charge in [-0.2, -0.15) is 0 Å². The lowest BCUT2D eigenvalue weighted by atomic mass is 9.86. The molecule has 13 aromatic rings.